The van der Waals surface area contributed by atoms with Crippen LogP contribution in [0, 0.1) is 17.6 Å². The second kappa shape index (κ2) is 6.30. The van der Waals surface area contributed by atoms with Gasteiger partial charge in [-0.05, 0) is 12.0 Å². The van der Waals surface area contributed by atoms with Gasteiger partial charge in [-0.3, -0.25) is 4.79 Å². The minimum absolute atomic E-state index is 0.0708. The summed E-state index contributed by atoms with van der Waals surface area (Å²) in [6, 6.07) is 1.59. The molecule has 1 amide bonds. The monoisotopic (exact) mass is 258 g/mol. The minimum atomic E-state index is -1.10. The molecule has 18 heavy (non-hydrogen) atoms. The van der Waals surface area contributed by atoms with Crippen molar-refractivity contribution in [1.29, 1.82) is 0 Å². The van der Waals surface area contributed by atoms with Gasteiger partial charge in [0.1, 0.15) is 0 Å². The topological polar surface area (TPSA) is 64.3 Å². The molecule has 1 rings (SSSR count). The Bertz CT molecular complexity index is 438. The Morgan fingerprint density at radius 1 is 1.44 bits per heavy atom. The minimum Gasteiger partial charge on any atom is -0.398 e. The van der Waals surface area contributed by atoms with Gasteiger partial charge in [-0.2, -0.15) is 0 Å². The lowest BCUT2D eigenvalue weighted by atomic mass is 10.1. The first kappa shape index (κ1) is 14.4. The number of ether oxygens (including phenoxy) is 1. The molecule has 0 fully saturated rings. The molecule has 4 nitrogen and oxygen atoms in total. The molecule has 0 spiro atoms. The van der Waals surface area contributed by atoms with Crippen LogP contribution in [-0.2, 0) is 4.74 Å². The van der Waals surface area contributed by atoms with E-state index in [0.29, 0.717) is 13.2 Å². The van der Waals surface area contributed by atoms with Crippen LogP contribution in [0.4, 0.5) is 14.5 Å². The van der Waals surface area contributed by atoms with E-state index in [1.807, 2.05) is 6.92 Å². The van der Waals surface area contributed by atoms with Crippen LogP contribution in [0.1, 0.15) is 17.3 Å². The second-order valence-corrected chi connectivity index (χ2v) is 4.12. The Balaban J connectivity index is 2.70. The Morgan fingerprint density at radius 3 is 2.67 bits per heavy atom. The second-order valence-electron chi connectivity index (χ2n) is 4.12. The predicted molar refractivity (Wildman–Crippen MR) is 64.1 cm³/mol. The third kappa shape index (κ3) is 3.66. The van der Waals surface area contributed by atoms with E-state index in [-0.39, 0.29) is 17.2 Å². The van der Waals surface area contributed by atoms with Gasteiger partial charge >= 0.3 is 0 Å². The van der Waals surface area contributed by atoms with Gasteiger partial charge in [0, 0.05) is 25.4 Å². The molecule has 1 unspecified atom stereocenters. The van der Waals surface area contributed by atoms with Gasteiger partial charge in [-0.15, -0.1) is 0 Å². The van der Waals surface area contributed by atoms with Crippen molar-refractivity contribution in [3.05, 3.63) is 29.3 Å². The first-order chi connectivity index (χ1) is 8.45. The maximum Gasteiger partial charge on any atom is 0.253 e. The average Bonchev–Trinajstić information content (AvgIpc) is 2.31. The van der Waals surface area contributed by atoms with Gasteiger partial charge in [-0.25, -0.2) is 8.78 Å². The molecule has 0 radical (unpaired) electrons. The van der Waals surface area contributed by atoms with Crippen molar-refractivity contribution in [2.75, 3.05) is 26.0 Å². The predicted octanol–water partition coefficient (Wildman–Crippen LogP) is 1.56. The number of carbonyl (C=O) groups excluding carboxylic acids is 1. The van der Waals surface area contributed by atoms with Gasteiger partial charge < -0.3 is 15.8 Å². The first-order valence-corrected chi connectivity index (χ1v) is 5.47. The molecule has 0 aliphatic heterocycles. The number of amides is 1. The van der Waals surface area contributed by atoms with Crippen LogP contribution in [0.15, 0.2) is 12.1 Å². The van der Waals surface area contributed by atoms with Gasteiger partial charge in [0.2, 0.25) is 0 Å². The highest BCUT2D eigenvalue weighted by Crippen LogP contribution is 2.16. The van der Waals surface area contributed by atoms with Crippen molar-refractivity contribution in [3.63, 3.8) is 0 Å². The summed E-state index contributed by atoms with van der Waals surface area (Å²) >= 11 is 0. The number of halogens is 2. The van der Waals surface area contributed by atoms with E-state index < -0.39 is 17.5 Å². The third-order valence-corrected chi connectivity index (χ3v) is 2.40. The normalized spacial score (nSPS) is 12.2. The highest BCUT2D eigenvalue weighted by molar-refractivity contribution is 5.99. The summed E-state index contributed by atoms with van der Waals surface area (Å²) in [6.07, 6.45) is 0. The third-order valence-electron chi connectivity index (χ3n) is 2.40. The number of hydrogen-bond acceptors (Lipinski definition) is 3. The molecule has 0 saturated heterocycles. The number of nitrogen functional groups attached to an aromatic ring is 1. The smallest absolute Gasteiger partial charge is 0.253 e. The van der Waals surface area contributed by atoms with Gasteiger partial charge in [0.25, 0.3) is 5.91 Å². The number of methoxy groups -OCH3 is 1. The summed E-state index contributed by atoms with van der Waals surface area (Å²) in [6.45, 7) is 2.75. The Hall–Kier alpha value is -1.69. The molecule has 0 bridgehead atoms. The zero-order chi connectivity index (χ0) is 13.7. The highest BCUT2D eigenvalue weighted by atomic mass is 19.2. The molecule has 3 N–H and O–H groups in total. The molecule has 0 saturated carbocycles. The fraction of sp³-hybridized carbons (Fsp3) is 0.417. The van der Waals surface area contributed by atoms with Crippen LogP contribution in [0.5, 0.6) is 0 Å². The molecule has 0 aliphatic carbocycles. The lowest BCUT2D eigenvalue weighted by Gasteiger charge is -2.12. The van der Waals surface area contributed by atoms with E-state index >= 15 is 0 Å². The quantitative estimate of drug-likeness (QED) is 0.788. The molecular formula is C12H16F2N2O2. The van der Waals surface area contributed by atoms with Crippen LogP contribution in [0.3, 0.4) is 0 Å². The van der Waals surface area contributed by atoms with Crippen molar-refractivity contribution in [2.45, 2.75) is 6.92 Å². The number of nitrogens with two attached hydrogens (primary N) is 1. The Morgan fingerprint density at radius 2 is 2.06 bits per heavy atom. The molecule has 0 aromatic heterocycles. The van der Waals surface area contributed by atoms with Crippen molar-refractivity contribution < 1.29 is 18.3 Å². The summed E-state index contributed by atoms with van der Waals surface area (Å²) in [4.78, 5) is 11.7. The number of carbonyl (C=O) groups is 1. The SMILES string of the molecule is COCC(C)CNC(=O)c1cc(F)c(F)cc1N. The lowest BCUT2D eigenvalue weighted by Crippen LogP contribution is -2.30. The Kier molecular flexibility index (Phi) is 5.03. The van der Waals surface area contributed by atoms with E-state index in [0.717, 1.165) is 12.1 Å². The molecule has 0 aliphatic rings. The van der Waals surface area contributed by atoms with E-state index in [9.17, 15) is 13.6 Å². The van der Waals surface area contributed by atoms with Crippen LogP contribution in [-0.4, -0.2) is 26.2 Å². The molecular weight excluding hydrogens is 242 g/mol. The molecule has 100 valence electrons. The van der Waals surface area contributed by atoms with E-state index in [2.05, 4.69) is 5.32 Å². The molecule has 1 aromatic carbocycles. The maximum atomic E-state index is 13.0. The van der Waals surface area contributed by atoms with E-state index in [1.165, 1.54) is 0 Å². The fourth-order valence-electron chi connectivity index (χ4n) is 1.46. The number of nitrogens with one attached hydrogen (secondary N) is 1. The van der Waals surface area contributed by atoms with Crippen LogP contribution in [0.25, 0.3) is 0 Å². The molecule has 0 heterocycles. The zero-order valence-electron chi connectivity index (χ0n) is 10.3. The fourth-order valence-corrected chi connectivity index (χ4v) is 1.46. The molecule has 6 heteroatoms. The molecule has 1 atom stereocenters. The van der Waals surface area contributed by atoms with E-state index in [4.69, 9.17) is 10.5 Å². The number of rotatable bonds is 5. The number of benzene rings is 1. The standard InChI is InChI=1S/C12H16F2N2O2/c1-7(6-18-2)5-16-12(17)8-3-9(13)10(14)4-11(8)15/h3-4,7H,5-6,15H2,1-2H3,(H,16,17). The van der Waals surface area contributed by atoms with Crippen LogP contribution < -0.4 is 11.1 Å². The Labute approximate surface area is 104 Å². The van der Waals surface area contributed by atoms with Crippen molar-refractivity contribution >= 4 is 11.6 Å². The lowest BCUT2D eigenvalue weighted by molar-refractivity contribution is 0.0934. The number of anilines is 1. The number of hydrogen-bond donors (Lipinski definition) is 2. The molecule has 1 aromatic rings. The van der Waals surface area contributed by atoms with Crippen LogP contribution in [0.2, 0.25) is 0 Å². The van der Waals surface area contributed by atoms with Gasteiger partial charge in [0.05, 0.1) is 12.2 Å². The van der Waals surface area contributed by atoms with Crippen molar-refractivity contribution in [3.8, 4) is 0 Å². The van der Waals surface area contributed by atoms with Crippen molar-refractivity contribution in [1.82, 2.24) is 5.32 Å². The first-order valence-electron chi connectivity index (χ1n) is 5.47. The van der Waals surface area contributed by atoms with Gasteiger partial charge in [0.15, 0.2) is 11.6 Å². The largest absolute Gasteiger partial charge is 0.398 e. The summed E-state index contributed by atoms with van der Waals surface area (Å²) < 4.78 is 30.8. The summed E-state index contributed by atoms with van der Waals surface area (Å²) in [7, 11) is 1.56. The van der Waals surface area contributed by atoms with Crippen LogP contribution >= 0.6 is 0 Å². The van der Waals surface area contributed by atoms with Gasteiger partial charge in [-0.1, -0.05) is 6.92 Å². The average molecular weight is 258 g/mol. The van der Waals surface area contributed by atoms with E-state index in [1.54, 1.807) is 7.11 Å². The highest BCUT2D eigenvalue weighted by Gasteiger charge is 2.14. The summed E-state index contributed by atoms with van der Waals surface area (Å²) in [5.74, 6) is -2.59. The van der Waals surface area contributed by atoms with Crippen molar-refractivity contribution in [2.24, 2.45) is 5.92 Å². The summed E-state index contributed by atoms with van der Waals surface area (Å²) in [5.41, 5.74) is 5.30. The zero-order valence-corrected chi connectivity index (χ0v) is 10.3. The maximum absolute atomic E-state index is 13.0. The summed E-state index contributed by atoms with van der Waals surface area (Å²) in [5, 5.41) is 2.58.